The van der Waals surface area contributed by atoms with E-state index < -0.39 is 6.10 Å². The Kier molecular flexibility index (Phi) is 3.93. The van der Waals surface area contributed by atoms with E-state index in [-0.39, 0.29) is 11.5 Å². The molecule has 1 heterocycles. The Bertz CT molecular complexity index is 485. The molecule has 2 fully saturated rings. The van der Waals surface area contributed by atoms with Crippen LogP contribution in [0.4, 0.5) is 5.69 Å². The fourth-order valence-electron chi connectivity index (χ4n) is 3.77. The van der Waals surface area contributed by atoms with Crippen molar-refractivity contribution >= 4 is 17.3 Å². The van der Waals surface area contributed by atoms with Crippen molar-refractivity contribution < 1.29 is 9.84 Å². The van der Waals surface area contributed by atoms with Crippen LogP contribution in [0.25, 0.3) is 0 Å². The predicted molar refractivity (Wildman–Crippen MR) is 80.7 cm³/mol. The molecule has 1 aliphatic heterocycles. The van der Waals surface area contributed by atoms with Gasteiger partial charge in [-0.15, -0.1) is 0 Å². The Morgan fingerprint density at radius 1 is 1.35 bits per heavy atom. The van der Waals surface area contributed by atoms with Gasteiger partial charge in [-0.3, -0.25) is 0 Å². The molecule has 1 aromatic rings. The summed E-state index contributed by atoms with van der Waals surface area (Å²) in [5, 5.41) is 11.3. The molecule has 1 aromatic carbocycles. The largest absolute Gasteiger partial charge is 0.398 e. The minimum atomic E-state index is -0.520. The Morgan fingerprint density at radius 3 is 2.80 bits per heavy atom. The number of aliphatic hydroxyl groups excluding tert-OH is 1. The van der Waals surface area contributed by atoms with Gasteiger partial charge < -0.3 is 15.6 Å². The lowest BCUT2D eigenvalue weighted by molar-refractivity contribution is -0.113. The predicted octanol–water partition coefficient (Wildman–Crippen LogP) is 3.70. The number of ether oxygens (including phenoxy) is 1. The van der Waals surface area contributed by atoms with Gasteiger partial charge in [-0.25, -0.2) is 0 Å². The van der Waals surface area contributed by atoms with Gasteiger partial charge in [0, 0.05) is 22.9 Å². The maximum Gasteiger partial charge on any atom is 0.0839 e. The van der Waals surface area contributed by atoms with Crippen LogP contribution in [0.5, 0.6) is 0 Å². The standard InChI is InChI=1S/C16H22ClNO2/c17-12-3-4-13(14(18)9-12)15(19)11-5-8-20-16(10-11)6-1-2-7-16/h3-4,9,11,15,19H,1-2,5-8,10,18H2. The average Bonchev–Trinajstić information content (AvgIpc) is 2.86. The zero-order valence-electron chi connectivity index (χ0n) is 11.6. The van der Waals surface area contributed by atoms with E-state index in [4.69, 9.17) is 22.1 Å². The minimum Gasteiger partial charge on any atom is -0.398 e. The second-order valence-electron chi connectivity index (χ2n) is 6.21. The van der Waals surface area contributed by atoms with Gasteiger partial charge in [0.2, 0.25) is 0 Å². The van der Waals surface area contributed by atoms with Crippen LogP contribution in [-0.4, -0.2) is 17.3 Å². The summed E-state index contributed by atoms with van der Waals surface area (Å²) in [5.74, 6) is 0.227. The van der Waals surface area contributed by atoms with Crippen LogP contribution in [0.3, 0.4) is 0 Å². The summed E-state index contributed by atoms with van der Waals surface area (Å²) in [6, 6.07) is 5.35. The van der Waals surface area contributed by atoms with Crippen LogP contribution < -0.4 is 5.73 Å². The molecular weight excluding hydrogens is 274 g/mol. The zero-order valence-corrected chi connectivity index (χ0v) is 12.4. The third kappa shape index (κ3) is 2.67. The van der Waals surface area contributed by atoms with E-state index in [0.717, 1.165) is 37.9 Å². The molecule has 0 amide bonds. The van der Waals surface area contributed by atoms with E-state index in [0.29, 0.717) is 10.7 Å². The molecule has 20 heavy (non-hydrogen) atoms. The molecule has 0 radical (unpaired) electrons. The van der Waals surface area contributed by atoms with Crippen molar-refractivity contribution in [2.24, 2.45) is 5.92 Å². The highest BCUT2D eigenvalue weighted by atomic mass is 35.5. The average molecular weight is 296 g/mol. The summed E-state index contributed by atoms with van der Waals surface area (Å²) in [6.45, 7) is 0.745. The van der Waals surface area contributed by atoms with Gasteiger partial charge in [-0.05, 0) is 43.7 Å². The summed E-state index contributed by atoms with van der Waals surface area (Å²) in [4.78, 5) is 0. The van der Waals surface area contributed by atoms with Crippen molar-refractivity contribution in [2.75, 3.05) is 12.3 Å². The molecule has 0 bridgehead atoms. The van der Waals surface area contributed by atoms with E-state index in [1.165, 1.54) is 12.8 Å². The molecule has 3 rings (SSSR count). The van der Waals surface area contributed by atoms with E-state index in [1.807, 2.05) is 6.07 Å². The lowest BCUT2D eigenvalue weighted by Crippen LogP contribution is -2.39. The number of hydrogen-bond donors (Lipinski definition) is 2. The fourth-order valence-corrected chi connectivity index (χ4v) is 3.95. The van der Waals surface area contributed by atoms with Crippen LogP contribution in [0, 0.1) is 5.92 Å². The van der Waals surface area contributed by atoms with Crippen molar-refractivity contribution in [2.45, 2.75) is 50.2 Å². The van der Waals surface area contributed by atoms with Gasteiger partial charge in [0.25, 0.3) is 0 Å². The molecule has 2 aliphatic rings. The molecule has 1 spiro atoms. The number of hydrogen-bond acceptors (Lipinski definition) is 3. The quantitative estimate of drug-likeness (QED) is 0.818. The van der Waals surface area contributed by atoms with Gasteiger partial charge in [0.05, 0.1) is 11.7 Å². The van der Waals surface area contributed by atoms with Crippen molar-refractivity contribution in [1.29, 1.82) is 0 Å². The second kappa shape index (κ2) is 5.55. The number of benzene rings is 1. The topological polar surface area (TPSA) is 55.5 Å². The van der Waals surface area contributed by atoms with Gasteiger partial charge in [0.15, 0.2) is 0 Å². The van der Waals surface area contributed by atoms with Gasteiger partial charge >= 0.3 is 0 Å². The van der Waals surface area contributed by atoms with Crippen molar-refractivity contribution in [3.05, 3.63) is 28.8 Å². The molecule has 3 nitrogen and oxygen atoms in total. The zero-order chi connectivity index (χ0) is 14.2. The molecule has 110 valence electrons. The molecule has 4 heteroatoms. The summed E-state index contributed by atoms with van der Waals surface area (Å²) in [6.07, 6.45) is 6.06. The SMILES string of the molecule is Nc1cc(Cl)ccc1C(O)C1CCOC2(CCCC2)C1. The molecule has 2 atom stereocenters. The maximum absolute atomic E-state index is 10.7. The minimum absolute atomic E-state index is 0.0189. The highest BCUT2D eigenvalue weighted by molar-refractivity contribution is 6.30. The van der Waals surface area contributed by atoms with E-state index >= 15 is 0 Å². The molecule has 3 N–H and O–H groups in total. The molecular formula is C16H22ClNO2. The first-order valence-corrected chi connectivity index (χ1v) is 7.84. The molecule has 0 aromatic heterocycles. The van der Waals surface area contributed by atoms with Gasteiger partial charge in [0.1, 0.15) is 0 Å². The molecule has 1 saturated carbocycles. The Morgan fingerprint density at radius 2 is 2.10 bits per heavy atom. The van der Waals surface area contributed by atoms with Crippen LogP contribution in [0.2, 0.25) is 5.02 Å². The molecule has 1 saturated heterocycles. The number of rotatable bonds is 2. The summed E-state index contributed by atoms with van der Waals surface area (Å²) < 4.78 is 6.03. The third-order valence-corrected chi connectivity index (χ3v) is 5.09. The van der Waals surface area contributed by atoms with Crippen molar-refractivity contribution in [3.8, 4) is 0 Å². The Labute approximate surface area is 125 Å². The van der Waals surface area contributed by atoms with Crippen molar-refractivity contribution in [3.63, 3.8) is 0 Å². The van der Waals surface area contributed by atoms with Gasteiger partial charge in [-0.2, -0.15) is 0 Å². The first-order valence-electron chi connectivity index (χ1n) is 7.47. The summed E-state index contributed by atoms with van der Waals surface area (Å²) >= 11 is 5.92. The highest BCUT2D eigenvalue weighted by Gasteiger charge is 2.42. The summed E-state index contributed by atoms with van der Waals surface area (Å²) in [5.41, 5.74) is 7.40. The number of halogens is 1. The smallest absolute Gasteiger partial charge is 0.0839 e. The summed E-state index contributed by atoms with van der Waals surface area (Å²) in [7, 11) is 0. The fraction of sp³-hybridized carbons (Fsp3) is 0.625. The number of nitrogen functional groups attached to an aromatic ring is 1. The monoisotopic (exact) mass is 295 g/mol. The van der Waals surface area contributed by atoms with E-state index in [1.54, 1.807) is 12.1 Å². The van der Waals surface area contributed by atoms with Crippen LogP contribution >= 0.6 is 11.6 Å². The second-order valence-corrected chi connectivity index (χ2v) is 6.65. The number of aliphatic hydroxyl groups is 1. The third-order valence-electron chi connectivity index (χ3n) is 4.86. The maximum atomic E-state index is 10.7. The molecule has 2 unspecified atom stereocenters. The number of anilines is 1. The van der Waals surface area contributed by atoms with Crippen LogP contribution in [-0.2, 0) is 4.74 Å². The Balaban J connectivity index is 1.77. The first kappa shape index (κ1) is 14.2. The normalized spacial score (nSPS) is 26.8. The highest BCUT2D eigenvalue weighted by Crippen LogP contribution is 2.46. The first-order chi connectivity index (χ1) is 9.60. The lowest BCUT2D eigenvalue weighted by atomic mass is 9.79. The van der Waals surface area contributed by atoms with E-state index in [9.17, 15) is 5.11 Å². The van der Waals surface area contributed by atoms with Gasteiger partial charge in [-0.1, -0.05) is 30.5 Å². The Hall–Kier alpha value is -0.770. The van der Waals surface area contributed by atoms with Crippen molar-refractivity contribution in [1.82, 2.24) is 0 Å². The number of nitrogens with two attached hydrogens (primary N) is 1. The van der Waals surface area contributed by atoms with Crippen LogP contribution in [0.1, 0.15) is 50.2 Å². The van der Waals surface area contributed by atoms with Crippen LogP contribution in [0.15, 0.2) is 18.2 Å². The molecule has 1 aliphatic carbocycles. The lowest BCUT2D eigenvalue weighted by Gasteiger charge is -2.40. The van der Waals surface area contributed by atoms with E-state index in [2.05, 4.69) is 0 Å².